The van der Waals surface area contributed by atoms with Crippen molar-refractivity contribution in [3.8, 4) is 5.75 Å². The number of rotatable bonds is 6. The van der Waals surface area contributed by atoms with Crippen LogP contribution < -0.4 is 10.1 Å². The molecule has 0 atom stereocenters. The average Bonchev–Trinajstić information content (AvgIpc) is 2.53. The van der Waals surface area contributed by atoms with Crippen LogP contribution in [-0.2, 0) is 0 Å². The largest absolute Gasteiger partial charge is 0.491 e. The maximum atomic E-state index is 13.8. The van der Waals surface area contributed by atoms with E-state index in [-0.39, 0.29) is 21.8 Å². The van der Waals surface area contributed by atoms with Crippen LogP contribution in [0.5, 0.6) is 5.75 Å². The van der Waals surface area contributed by atoms with Gasteiger partial charge in [-0.05, 0) is 36.8 Å². The fraction of sp³-hybridized carbons (Fsp3) is 0.176. The number of carbonyl (C=O) groups is 2. The van der Waals surface area contributed by atoms with E-state index in [1.165, 1.54) is 30.3 Å². The van der Waals surface area contributed by atoms with Gasteiger partial charge in [0.05, 0.1) is 28.4 Å². The number of carboxylic acids is 1. The quantitative estimate of drug-likeness (QED) is 0.817. The van der Waals surface area contributed by atoms with Crippen molar-refractivity contribution in [2.45, 2.75) is 13.3 Å². The Balaban J connectivity index is 2.37. The monoisotopic (exact) mass is 351 g/mol. The number of benzene rings is 2. The lowest BCUT2D eigenvalue weighted by Gasteiger charge is -2.13. The number of anilines is 1. The average molecular weight is 352 g/mol. The standard InChI is InChI=1S/C17H15ClFNO4/c1-2-8-24-14-7-6-10(17(22)23)9-13(14)20-16(21)15-11(18)4-3-5-12(15)19/h3-7,9H,2,8H2,1H3,(H,20,21)(H,22,23). The van der Waals surface area contributed by atoms with Gasteiger partial charge in [0.25, 0.3) is 5.91 Å². The highest BCUT2D eigenvalue weighted by Gasteiger charge is 2.18. The topological polar surface area (TPSA) is 75.6 Å². The van der Waals surface area contributed by atoms with Crippen molar-refractivity contribution in [2.75, 3.05) is 11.9 Å². The molecule has 5 nitrogen and oxygen atoms in total. The smallest absolute Gasteiger partial charge is 0.335 e. The highest BCUT2D eigenvalue weighted by Crippen LogP contribution is 2.28. The summed E-state index contributed by atoms with van der Waals surface area (Å²) in [7, 11) is 0. The first-order valence-electron chi connectivity index (χ1n) is 7.19. The molecule has 0 saturated carbocycles. The van der Waals surface area contributed by atoms with Crippen LogP contribution in [0.1, 0.15) is 34.1 Å². The molecule has 2 N–H and O–H groups in total. The lowest BCUT2D eigenvalue weighted by Crippen LogP contribution is -2.16. The van der Waals surface area contributed by atoms with Crippen molar-refractivity contribution in [3.05, 3.63) is 58.4 Å². The van der Waals surface area contributed by atoms with Gasteiger partial charge >= 0.3 is 5.97 Å². The molecule has 0 aliphatic heterocycles. The molecule has 2 rings (SSSR count). The minimum Gasteiger partial charge on any atom is -0.491 e. The summed E-state index contributed by atoms with van der Waals surface area (Å²) >= 11 is 5.87. The Morgan fingerprint density at radius 2 is 2.04 bits per heavy atom. The summed E-state index contributed by atoms with van der Waals surface area (Å²) in [5.41, 5.74) is -0.220. The zero-order valence-electron chi connectivity index (χ0n) is 12.8. The number of ether oxygens (including phenoxy) is 1. The van der Waals surface area contributed by atoms with E-state index in [1.807, 2.05) is 6.92 Å². The van der Waals surface area contributed by atoms with Gasteiger partial charge in [-0.3, -0.25) is 4.79 Å². The molecular formula is C17H15ClFNO4. The lowest BCUT2D eigenvalue weighted by molar-refractivity contribution is 0.0696. The Kier molecular flexibility index (Phi) is 5.76. The third-order valence-electron chi connectivity index (χ3n) is 3.13. The summed E-state index contributed by atoms with van der Waals surface area (Å²) in [5.74, 6) is -2.42. The van der Waals surface area contributed by atoms with Crippen LogP contribution in [0.3, 0.4) is 0 Å². The molecule has 2 aromatic rings. The number of carboxylic acid groups (broad SMARTS) is 1. The minimum atomic E-state index is -1.16. The van der Waals surface area contributed by atoms with Gasteiger partial charge in [0, 0.05) is 0 Å². The number of hydrogen-bond donors (Lipinski definition) is 2. The molecular weight excluding hydrogens is 337 g/mol. The Morgan fingerprint density at radius 3 is 2.67 bits per heavy atom. The Hall–Kier alpha value is -2.60. The van der Waals surface area contributed by atoms with Crippen LogP contribution in [0.25, 0.3) is 0 Å². The number of hydrogen-bond acceptors (Lipinski definition) is 3. The summed E-state index contributed by atoms with van der Waals surface area (Å²) in [4.78, 5) is 23.4. The molecule has 0 spiro atoms. The van der Waals surface area contributed by atoms with E-state index in [2.05, 4.69) is 5.32 Å². The zero-order chi connectivity index (χ0) is 17.7. The number of halogens is 2. The predicted molar refractivity (Wildman–Crippen MR) is 88.6 cm³/mol. The molecule has 0 unspecified atom stereocenters. The number of nitrogens with one attached hydrogen (secondary N) is 1. The molecule has 7 heteroatoms. The predicted octanol–water partition coefficient (Wildman–Crippen LogP) is 4.22. The van der Waals surface area contributed by atoms with E-state index in [1.54, 1.807) is 0 Å². The maximum Gasteiger partial charge on any atom is 0.335 e. The summed E-state index contributed by atoms with van der Waals surface area (Å²) in [6.07, 6.45) is 0.729. The van der Waals surface area contributed by atoms with Crippen molar-refractivity contribution in [2.24, 2.45) is 0 Å². The van der Waals surface area contributed by atoms with E-state index in [0.717, 1.165) is 12.5 Å². The van der Waals surface area contributed by atoms with E-state index in [0.29, 0.717) is 12.4 Å². The van der Waals surface area contributed by atoms with Gasteiger partial charge in [-0.15, -0.1) is 0 Å². The second-order valence-corrected chi connectivity index (χ2v) is 5.32. The maximum absolute atomic E-state index is 13.8. The molecule has 0 radical (unpaired) electrons. The molecule has 0 fully saturated rings. The van der Waals surface area contributed by atoms with Gasteiger partial charge in [-0.25, -0.2) is 9.18 Å². The molecule has 0 aliphatic carbocycles. The van der Waals surface area contributed by atoms with Gasteiger partial charge in [0.15, 0.2) is 0 Å². The molecule has 24 heavy (non-hydrogen) atoms. The van der Waals surface area contributed by atoms with E-state index < -0.39 is 17.7 Å². The van der Waals surface area contributed by atoms with Crippen molar-refractivity contribution < 1.29 is 23.8 Å². The third kappa shape index (κ3) is 4.02. The molecule has 0 bridgehead atoms. The molecule has 2 aromatic carbocycles. The first kappa shape index (κ1) is 17.7. The van der Waals surface area contributed by atoms with E-state index >= 15 is 0 Å². The van der Waals surface area contributed by atoms with Crippen LogP contribution >= 0.6 is 11.6 Å². The fourth-order valence-corrected chi connectivity index (χ4v) is 2.25. The number of aromatic carboxylic acids is 1. The molecule has 1 amide bonds. The zero-order valence-corrected chi connectivity index (χ0v) is 13.6. The lowest BCUT2D eigenvalue weighted by atomic mass is 10.1. The Bertz CT molecular complexity index is 759. The molecule has 0 heterocycles. The normalized spacial score (nSPS) is 10.3. The highest BCUT2D eigenvalue weighted by atomic mass is 35.5. The van der Waals surface area contributed by atoms with Crippen molar-refractivity contribution in [1.82, 2.24) is 0 Å². The van der Waals surface area contributed by atoms with Crippen LogP contribution in [0, 0.1) is 5.82 Å². The Morgan fingerprint density at radius 1 is 1.29 bits per heavy atom. The second kappa shape index (κ2) is 7.79. The van der Waals surface area contributed by atoms with Gasteiger partial charge in [-0.2, -0.15) is 0 Å². The molecule has 0 aliphatic rings. The second-order valence-electron chi connectivity index (χ2n) is 4.92. The van der Waals surface area contributed by atoms with Crippen LogP contribution in [0.15, 0.2) is 36.4 Å². The highest BCUT2D eigenvalue weighted by molar-refractivity contribution is 6.34. The number of carbonyl (C=O) groups excluding carboxylic acids is 1. The molecule has 0 aromatic heterocycles. The van der Waals surface area contributed by atoms with Crippen molar-refractivity contribution >= 4 is 29.2 Å². The summed E-state index contributed by atoms with van der Waals surface area (Å²) < 4.78 is 19.3. The van der Waals surface area contributed by atoms with Crippen molar-refractivity contribution in [3.63, 3.8) is 0 Å². The van der Waals surface area contributed by atoms with Crippen LogP contribution in [0.4, 0.5) is 10.1 Å². The number of amides is 1. The third-order valence-corrected chi connectivity index (χ3v) is 3.44. The van der Waals surface area contributed by atoms with Gasteiger partial charge in [0.1, 0.15) is 11.6 Å². The van der Waals surface area contributed by atoms with Crippen LogP contribution in [-0.4, -0.2) is 23.6 Å². The minimum absolute atomic E-state index is 0.0335. The fourth-order valence-electron chi connectivity index (χ4n) is 2.00. The first-order chi connectivity index (χ1) is 11.4. The van der Waals surface area contributed by atoms with Gasteiger partial charge in [-0.1, -0.05) is 24.6 Å². The first-order valence-corrected chi connectivity index (χ1v) is 7.57. The van der Waals surface area contributed by atoms with Gasteiger partial charge < -0.3 is 15.2 Å². The molecule has 0 saturated heterocycles. The summed E-state index contributed by atoms with van der Waals surface area (Å²) in [6, 6.07) is 7.94. The van der Waals surface area contributed by atoms with E-state index in [9.17, 15) is 14.0 Å². The molecule has 126 valence electrons. The summed E-state index contributed by atoms with van der Waals surface area (Å²) in [5, 5.41) is 11.5. The van der Waals surface area contributed by atoms with E-state index in [4.69, 9.17) is 21.4 Å². The summed E-state index contributed by atoms with van der Waals surface area (Å²) in [6.45, 7) is 2.29. The SMILES string of the molecule is CCCOc1ccc(C(=O)O)cc1NC(=O)c1c(F)cccc1Cl. The Labute approximate surface area is 143 Å². The van der Waals surface area contributed by atoms with Crippen molar-refractivity contribution in [1.29, 1.82) is 0 Å². The van der Waals surface area contributed by atoms with Gasteiger partial charge in [0.2, 0.25) is 0 Å². The van der Waals surface area contributed by atoms with Crippen LogP contribution in [0.2, 0.25) is 5.02 Å².